The number of carbonyl (C=O) groups excluding carboxylic acids is 1. The summed E-state index contributed by atoms with van der Waals surface area (Å²) in [6, 6.07) is 7.45. The molecule has 5 nitrogen and oxygen atoms in total. The highest BCUT2D eigenvalue weighted by atomic mass is 32.1. The first-order valence-corrected chi connectivity index (χ1v) is 6.48. The average Bonchev–Trinajstić information content (AvgIpc) is 3.04. The Kier molecular flexibility index (Phi) is 3.74. The number of carbonyl (C=O) groups is 1. The smallest absolute Gasteiger partial charge is 0.192 e. The summed E-state index contributed by atoms with van der Waals surface area (Å²) in [7, 11) is 0. The summed E-state index contributed by atoms with van der Waals surface area (Å²) < 4.78 is 1.41. The van der Waals surface area contributed by atoms with Crippen LogP contribution < -0.4 is 0 Å². The van der Waals surface area contributed by atoms with Crippen LogP contribution in [0.1, 0.15) is 32.9 Å². The zero-order valence-corrected chi connectivity index (χ0v) is 11.1. The van der Waals surface area contributed by atoms with Crippen molar-refractivity contribution < 1.29 is 4.79 Å². The van der Waals surface area contributed by atoms with Gasteiger partial charge in [0.1, 0.15) is 12.1 Å². The van der Waals surface area contributed by atoms with E-state index >= 15 is 0 Å². The van der Waals surface area contributed by atoms with Crippen molar-refractivity contribution in [1.29, 1.82) is 10.5 Å². The Morgan fingerprint density at radius 1 is 1.42 bits per heavy atom. The van der Waals surface area contributed by atoms with E-state index in [9.17, 15) is 4.79 Å². The molecule has 6 heteroatoms. The maximum absolute atomic E-state index is 12.1. The van der Waals surface area contributed by atoms with E-state index in [4.69, 9.17) is 10.5 Å². The number of ketones is 1. The van der Waals surface area contributed by atoms with E-state index in [-0.39, 0.29) is 23.7 Å². The molecular weight excluding hydrogens is 260 g/mol. The number of hydrogen-bond donors (Lipinski definition) is 0. The van der Waals surface area contributed by atoms with Crippen LogP contribution in [0.3, 0.4) is 0 Å². The lowest BCUT2D eigenvalue weighted by Gasteiger charge is -2.00. The number of rotatable bonds is 4. The Morgan fingerprint density at radius 3 is 2.79 bits per heavy atom. The van der Waals surface area contributed by atoms with Gasteiger partial charge in [-0.1, -0.05) is 6.92 Å². The first-order valence-electron chi connectivity index (χ1n) is 5.66. The van der Waals surface area contributed by atoms with Crippen LogP contribution in [-0.2, 0) is 13.0 Å². The van der Waals surface area contributed by atoms with Crippen LogP contribution in [0.4, 0.5) is 0 Å². The van der Waals surface area contributed by atoms with Gasteiger partial charge in [0, 0.05) is 4.88 Å². The van der Waals surface area contributed by atoms with Crippen molar-refractivity contribution in [2.24, 2.45) is 0 Å². The Morgan fingerprint density at radius 2 is 2.21 bits per heavy atom. The van der Waals surface area contributed by atoms with E-state index in [2.05, 4.69) is 4.98 Å². The lowest BCUT2D eigenvalue weighted by Crippen LogP contribution is -2.10. The van der Waals surface area contributed by atoms with Crippen LogP contribution in [0.15, 0.2) is 18.5 Å². The molecule has 0 bridgehead atoms. The van der Waals surface area contributed by atoms with Crippen LogP contribution >= 0.6 is 11.3 Å². The Hall–Kier alpha value is -2.44. The second-order valence-corrected chi connectivity index (χ2v) is 5.00. The molecule has 94 valence electrons. The fourth-order valence-corrected chi connectivity index (χ4v) is 2.53. The minimum atomic E-state index is -0.0805. The van der Waals surface area contributed by atoms with Gasteiger partial charge in [-0.05, 0) is 18.6 Å². The second-order valence-electron chi connectivity index (χ2n) is 3.84. The Bertz CT molecular complexity index is 699. The Balaban J connectivity index is 2.22. The van der Waals surface area contributed by atoms with Crippen molar-refractivity contribution in [2.75, 3.05) is 0 Å². The van der Waals surface area contributed by atoms with Gasteiger partial charge in [0.05, 0.1) is 17.7 Å². The van der Waals surface area contributed by atoms with Crippen molar-refractivity contribution in [3.63, 3.8) is 0 Å². The van der Waals surface area contributed by atoms with Crippen LogP contribution in [0.25, 0.3) is 0 Å². The molecular formula is C13H10N4OS. The van der Waals surface area contributed by atoms with Gasteiger partial charge in [-0.2, -0.15) is 10.5 Å². The lowest BCUT2D eigenvalue weighted by atomic mass is 10.3. The van der Waals surface area contributed by atoms with Crippen molar-refractivity contribution in [3.05, 3.63) is 39.6 Å². The summed E-state index contributed by atoms with van der Waals surface area (Å²) >= 11 is 1.46. The third-order valence-electron chi connectivity index (χ3n) is 2.65. The molecule has 0 atom stereocenters. The molecule has 2 heterocycles. The normalized spacial score (nSPS) is 9.84. The largest absolute Gasteiger partial charge is 0.313 e. The van der Waals surface area contributed by atoms with E-state index < -0.39 is 0 Å². The topological polar surface area (TPSA) is 82.5 Å². The quantitative estimate of drug-likeness (QED) is 0.797. The standard InChI is InChI=1S/C13H10N4OS/c1-2-9-3-4-13(19-9)12(18)7-17-8-16-10(5-14)11(17)6-15/h3-4,8H,2,7H2,1H3. The molecule has 2 aromatic heterocycles. The SMILES string of the molecule is CCc1ccc(C(=O)Cn2cnc(C#N)c2C#N)s1. The highest BCUT2D eigenvalue weighted by Gasteiger charge is 2.15. The van der Waals surface area contributed by atoms with Gasteiger partial charge in [0.15, 0.2) is 17.2 Å². The molecule has 0 unspecified atom stereocenters. The maximum Gasteiger partial charge on any atom is 0.192 e. The molecule has 19 heavy (non-hydrogen) atoms. The van der Waals surface area contributed by atoms with E-state index in [1.54, 1.807) is 6.07 Å². The minimum absolute atomic E-state index is 0.0290. The number of hydrogen-bond acceptors (Lipinski definition) is 5. The first kappa shape index (κ1) is 13.0. The molecule has 0 saturated carbocycles. The molecule has 2 rings (SSSR count). The zero-order valence-electron chi connectivity index (χ0n) is 10.3. The highest BCUT2D eigenvalue weighted by Crippen LogP contribution is 2.18. The van der Waals surface area contributed by atoms with Gasteiger partial charge in [-0.15, -0.1) is 11.3 Å². The van der Waals surface area contributed by atoms with E-state index in [0.717, 1.165) is 11.3 Å². The second kappa shape index (κ2) is 5.47. The summed E-state index contributed by atoms with van der Waals surface area (Å²) in [6.45, 7) is 2.06. The molecule has 0 aromatic carbocycles. The van der Waals surface area contributed by atoms with Crippen LogP contribution in [0.2, 0.25) is 0 Å². The number of nitrogens with zero attached hydrogens (tertiary/aromatic N) is 4. The van der Waals surface area contributed by atoms with Crippen LogP contribution in [0.5, 0.6) is 0 Å². The monoisotopic (exact) mass is 270 g/mol. The van der Waals surface area contributed by atoms with Crippen LogP contribution in [0, 0.1) is 22.7 Å². The van der Waals surface area contributed by atoms with Crippen molar-refractivity contribution in [2.45, 2.75) is 19.9 Å². The average molecular weight is 270 g/mol. The van der Waals surface area contributed by atoms with Gasteiger partial charge in [0.25, 0.3) is 0 Å². The van der Waals surface area contributed by atoms with E-state index in [1.165, 1.54) is 22.2 Å². The molecule has 0 fully saturated rings. The van der Waals surface area contributed by atoms with E-state index in [1.807, 2.05) is 25.1 Å². The highest BCUT2D eigenvalue weighted by molar-refractivity contribution is 7.14. The van der Waals surface area contributed by atoms with Gasteiger partial charge in [-0.25, -0.2) is 4.98 Å². The summed E-state index contributed by atoms with van der Waals surface area (Å²) in [4.78, 5) is 17.7. The van der Waals surface area contributed by atoms with Crippen LogP contribution in [-0.4, -0.2) is 15.3 Å². The summed E-state index contributed by atoms with van der Waals surface area (Å²) in [5.74, 6) is -0.0805. The molecule has 0 aliphatic carbocycles. The molecule has 0 N–H and O–H groups in total. The van der Waals surface area contributed by atoms with Crippen molar-refractivity contribution in [1.82, 2.24) is 9.55 Å². The fourth-order valence-electron chi connectivity index (χ4n) is 1.65. The number of nitriles is 2. The molecule has 0 aliphatic heterocycles. The molecule has 0 spiro atoms. The zero-order chi connectivity index (χ0) is 13.8. The van der Waals surface area contributed by atoms with Gasteiger partial charge in [-0.3, -0.25) is 4.79 Å². The number of thiophene rings is 1. The Labute approximate surface area is 114 Å². The number of aromatic nitrogens is 2. The summed E-state index contributed by atoms with van der Waals surface area (Å²) in [5.41, 5.74) is 0.179. The third-order valence-corrected chi connectivity index (χ3v) is 3.92. The number of imidazole rings is 1. The lowest BCUT2D eigenvalue weighted by molar-refractivity contribution is 0.0975. The predicted molar refractivity (Wildman–Crippen MR) is 69.7 cm³/mol. The molecule has 0 amide bonds. The minimum Gasteiger partial charge on any atom is -0.313 e. The maximum atomic E-state index is 12.1. The summed E-state index contributed by atoms with van der Waals surface area (Å²) in [6.07, 6.45) is 2.24. The number of Topliss-reactive ketones (excluding diaryl/α,β-unsaturated/α-hetero) is 1. The molecule has 0 saturated heterocycles. The van der Waals surface area contributed by atoms with Crippen molar-refractivity contribution >= 4 is 17.1 Å². The van der Waals surface area contributed by atoms with E-state index in [0.29, 0.717) is 4.88 Å². The van der Waals surface area contributed by atoms with Crippen molar-refractivity contribution in [3.8, 4) is 12.1 Å². The molecule has 0 aliphatic rings. The fraction of sp³-hybridized carbons (Fsp3) is 0.231. The number of aryl methyl sites for hydroxylation is 1. The first-order chi connectivity index (χ1) is 9.19. The summed E-state index contributed by atoms with van der Waals surface area (Å²) in [5, 5.41) is 17.8. The molecule has 2 aromatic rings. The van der Waals surface area contributed by atoms with Gasteiger partial charge in [0.2, 0.25) is 0 Å². The van der Waals surface area contributed by atoms with Gasteiger partial charge < -0.3 is 4.57 Å². The third kappa shape index (κ3) is 2.54. The van der Waals surface area contributed by atoms with Gasteiger partial charge >= 0.3 is 0 Å². The molecule has 0 radical (unpaired) electrons. The predicted octanol–water partition coefficient (Wildman–Crippen LogP) is 2.13.